The van der Waals surface area contributed by atoms with Gasteiger partial charge < -0.3 is 9.88 Å². The molecule has 0 bridgehead atoms. The van der Waals surface area contributed by atoms with E-state index < -0.39 is 0 Å². The zero-order valence-corrected chi connectivity index (χ0v) is 12.9. The van der Waals surface area contributed by atoms with E-state index in [4.69, 9.17) is 0 Å². The third-order valence-electron chi connectivity index (χ3n) is 3.36. The van der Waals surface area contributed by atoms with Gasteiger partial charge in [-0.1, -0.05) is 0 Å². The molecule has 4 nitrogen and oxygen atoms in total. The maximum Gasteiger partial charge on any atom is 0.203 e. The van der Waals surface area contributed by atoms with Gasteiger partial charge in [-0.25, -0.2) is 14.4 Å². The van der Waals surface area contributed by atoms with Crippen LogP contribution in [0.1, 0.15) is 17.1 Å². The smallest absolute Gasteiger partial charge is 0.203 e. The molecule has 2 heterocycles. The molecule has 0 saturated heterocycles. The minimum Gasteiger partial charge on any atom is -0.356 e. The molecule has 2 aromatic heterocycles. The Labute approximate surface area is 126 Å². The first-order chi connectivity index (χ1) is 10.1. The van der Waals surface area contributed by atoms with Crippen LogP contribution in [0.2, 0.25) is 0 Å². The highest BCUT2D eigenvalue weighted by atomic mass is 32.1. The van der Waals surface area contributed by atoms with Gasteiger partial charge >= 0.3 is 0 Å². The summed E-state index contributed by atoms with van der Waals surface area (Å²) < 4.78 is 15.1. The van der Waals surface area contributed by atoms with Gasteiger partial charge in [-0.2, -0.15) is 0 Å². The van der Waals surface area contributed by atoms with E-state index in [-0.39, 0.29) is 5.82 Å². The summed E-state index contributed by atoms with van der Waals surface area (Å²) in [4.78, 5) is 8.92. The first-order valence-electron chi connectivity index (χ1n) is 6.90. The Hall–Kier alpha value is -1.95. The van der Waals surface area contributed by atoms with Crippen LogP contribution < -0.4 is 5.32 Å². The van der Waals surface area contributed by atoms with Gasteiger partial charge in [0.2, 0.25) is 5.95 Å². The zero-order valence-electron chi connectivity index (χ0n) is 12.1. The summed E-state index contributed by atoms with van der Waals surface area (Å²) in [6, 6.07) is 4.64. The summed E-state index contributed by atoms with van der Waals surface area (Å²) in [7, 11) is 1.89. The van der Waals surface area contributed by atoms with Gasteiger partial charge in [0.05, 0.1) is 16.0 Å². The number of benzene rings is 1. The summed E-state index contributed by atoms with van der Waals surface area (Å²) in [5, 5.41) is 6.55. The quantitative estimate of drug-likeness (QED) is 0.733. The third-order valence-corrected chi connectivity index (χ3v) is 4.39. The minimum absolute atomic E-state index is 0.240. The molecule has 0 unspecified atom stereocenters. The van der Waals surface area contributed by atoms with Gasteiger partial charge in [-0.05, 0) is 31.5 Å². The van der Waals surface area contributed by atoms with E-state index >= 15 is 0 Å². The normalized spacial score (nSPS) is 11.2. The van der Waals surface area contributed by atoms with Gasteiger partial charge in [-0.15, -0.1) is 11.3 Å². The Kier molecular flexibility index (Phi) is 3.88. The van der Waals surface area contributed by atoms with Gasteiger partial charge in [0.15, 0.2) is 0 Å². The molecule has 6 heteroatoms. The third kappa shape index (κ3) is 3.05. The largest absolute Gasteiger partial charge is 0.356 e. The molecule has 0 radical (unpaired) electrons. The van der Waals surface area contributed by atoms with E-state index in [1.807, 2.05) is 18.5 Å². The fourth-order valence-electron chi connectivity index (χ4n) is 2.28. The van der Waals surface area contributed by atoms with E-state index in [9.17, 15) is 4.39 Å². The van der Waals surface area contributed by atoms with Crippen molar-refractivity contribution >= 4 is 28.3 Å². The number of nitrogens with zero attached hydrogens (tertiary/aromatic N) is 3. The number of halogens is 1. The average molecular weight is 304 g/mol. The second-order valence-corrected chi connectivity index (χ2v) is 5.98. The van der Waals surface area contributed by atoms with Gasteiger partial charge in [0, 0.05) is 31.1 Å². The van der Waals surface area contributed by atoms with Crippen molar-refractivity contribution in [1.29, 1.82) is 0 Å². The van der Waals surface area contributed by atoms with Crippen LogP contribution in [0.4, 0.5) is 10.3 Å². The molecule has 0 saturated carbocycles. The summed E-state index contributed by atoms with van der Waals surface area (Å²) in [6.45, 7) is 2.83. The number of rotatable bonds is 5. The molecule has 0 fully saturated rings. The highest BCUT2D eigenvalue weighted by molar-refractivity contribution is 7.09. The molecule has 0 aliphatic heterocycles. The molecule has 3 aromatic rings. The highest BCUT2D eigenvalue weighted by Crippen LogP contribution is 2.19. The number of hydrogen-bond acceptors (Lipinski definition) is 4. The van der Waals surface area contributed by atoms with Crippen molar-refractivity contribution in [2.75, 3.05) is 11.9 Å². The van der Waals surface area contributed by atoms with Gasteiger partial charge in [-0.3, -0.25) is 0 Å². The Balaban J connectivity index is 1.61. The highest BCUT2D eigenvalue weighted by Gasteiger charge is 2.08. The summed E-state index contributed by atoms with van der Waals surface area (Å²) in [5.74, 6) is 0.530. The van der Waals surface area contributed by atoms with E-state index in [1.165, 1.54) is 17.1 Å². The second-order valence-electron chi connectivity index (χ2n) is 5.04. The van der Waals surface area contributed by atoms with Crippen molar-refractivity contribution in [2.24, 2.45) is 7.05 Å². The fraction of sp³-hybridized carbons (Fsp3) is 0.333. The maximum atomic E-state index is 13.3. The van der Waals surface area contributed by atoms with Crippen LogP contribution in [0.3, 0.4) is 0 Å². The predicted octanol–water partition coefficient (Wildman–Crippen LogP) is 3.52. The van der Waals surface area contributed by atoms with Crippen LogP contribution >= 0.6 is 11.3 Å². The summed E-state index contributed by atoms with van der Waals surface area (Å²) in [6.07, 6.45) is 1.95. The van der Waals surface area contributed by atoms with Crippen molar-refractivity contribution in [3.05, 3.63) is 40.1 Å². The second kappa shape index (κ2) is 5.81. The number of aryl methyl sites for hydroxylation is 3. The first kappa shape index (κ1) is 14.0. The standard InChI is InChI=1S/C15H17FN4S/c1-10-9-21-14(18-10)4-3-7-17-15-19-12-6-5-11(16)8-13(12)20(15)2/h5-6,8-9H,3-4,7H2,1-2H3,(H,17,19). The molecule has 0 amide bonds. The molecular weight excluding hydrogens is 287 g/mol. The van der Waals surface area contributed by atoms with Crippen molar-refractivity contribution in [3.63, 3.8) is 0 Å². The minimum atomic E-state index is -0.240. The summed E-state index contributed by atoms with van der Waals surface area (Å²) >= 11 is 1.70. The van der Waals surface area contributed by atoms with Crippen LogP contribution in [0.25, 0.3) is 11.0 Å². The molecule has 110 valence electrons. The Morgan fingerprint density at radius 1 is 1.33 bits per heavy atom. The number of anilines is 1. The average Bonchev–Trinajstić information content (AvgIpc) is 3.00. The predicted molar refractivity (Wildman–Crippen MR) is 84.3 cm³/mol. The van der Waals surface area contributed by atoms with E-state index in [2.05, 4.69) is 20.7 Å². The first-order valence-corrected chi connectivity index (χ1v) is 7.78. The Morgan fingerprint density at radius 3 is 2.95 bits per heavy atom. The Bertz CT molecular complexity index is 762. The molecular formula is C15H17FN4S. The number of nitrogens with one attached hydrogen (secondary N) is 1. The molecule has 1 aromatic carbocycles. The Morgan fingerprint density at radius 2 is 2.19 bits per heavy atom. The van der Waals surface area contributed by atoms with Crippen LogP contribution in [-0.2, 0) is 13.5 Å². The van der Waals surface area contributed by atoms with Crippen LogP contribution in [0, 0.1) is 12.7 Å². The van der Waals surface area contributed by atoms with Gasteiger partial charge in [0.1, 0.15) is 5.82 Å². The van der Waals surface area contributed by atoms with Crippen molar-refractivity contribution in [1.82, 2.24) is 14.5 Å². The van der Waals surface area contributed by atoms with Crippen LogP contribution in [-0.4, -0.2) is 21.1 Å². The van der Waals surface area contributed by atoms with E-state index in [1.54, 1.807) is 17.4 Å². The number of imidazole rings is 1. The van der Waals surface area contributed by atoms with E-state index in [0.717, 1.165) is 42.1 Å². The summed E-state index contributed by atoms with van der Waals surface area (Å²) in [5.41, 5.74) is 2.69. The maximum absolute atomic E-state index is 13.3. The lowest BCUT2D eigenvalue weighted by atomic mass is 10.3. The lowest BCUT2D eigenvalue weighted by Crippen LogP contribution is -2.07. The van der Waals surface area contributed by atoms with Crippen LogP contribution in [0.5, 0.6) is 0 Å². The molecule has 3 rings (SSSR count). The monoisotopic (exact) mass is 304 g/mol. The SMILES string of the molecule is Cc1csc(CCCNc2nc3ccc(F)cc3n2C)n1. The van der Waals surface area contributed by atoms with Crippen molar-refractivity contribution in [2.45, 2.75) is 19.8 Å². The topological polar surface area (TPSA) is 42.7 Å². The number of fused-ring (bicyclic) bond motifs is 1. The van der Waals surface area contributed by atoms with Crippen LogP contribution in [0.15, 0.2) is 23.6 Å². The fourth-order valence-corrected chi connectivity index (χ4v) is 3.10. The number of aromatic nitrogens is 3. The number of thiazole rings is 1. The molecule has 21 heavy (non-hydrogen) atoms. The van der Waals surface area contributed by atoms with Crippen molar-refractivity contribution in [3.8, 4) is 0 Å². The van der Waals surface area contributed by atoms with Crippen molar-refractivity contribution < 1.29 is 4.39 Å². The molecule has 0 aliphatic rings. The van der Waals surface area contributed by atoms with E-state index in [0.29, 0.717) is 0 Å². The molecule has 0 spiro atoms. The zero-order chi connectivity index (χ0) is 14.8. The van der Waals surface area contributed by atoms with Gasteiger partial charge in [0.25, 0.3) is 0 Å². The lowest BCUT2D eigenvalue weighted by molar-refractivity contribution is 0.629. The number of hydrogen-bond donors (Lipinski definition) is 1. The lowest BCUT2D eigenvalue weighted by Gasteiger charge is -2.05. The molecule has 1 N–H and O–H groups in total. The molecule has 0 atom stereocenters. The molecule has 0 aliphatic carbocycles.